The molecule has 3 aromatic heterocycles. The first-order chi connectivity index (χ1) is 26.1. The molecule has 0 atom stereocenters. The molecule has 0 unspecified atom stereocenters. The molecule has 6 rings (SSSR count). The number of aryl methyl sites for hydroxylation is 1. The van der Waals surface area contributed by atoms with Gasteiger partial charge in [-0.1, -0.05) is 17.3 Å². The van der Waals surface area contributed by atoms with Gasteiger partial charge in [0.1, 0.15) is 5.69 Å². The second kappa shape index (κ2) is 19.0. The number of benzene rings is 2. The van der Waals surface area contributed by atoms with Crippen LogP contribution in [0.15, 0.2) is 67.3 Å². The standard InChI is InChI=1S/C29H28F3N9O.3CH4O3S/c1-19-3-4-20(13-26(19)40-18-25(36-37-40)22-15-33-27-7-8-34-41(27)17-22)28(42)35-23-6-5-21(24(14-23)29(30,31)32)16-39-11-9-38(2)10-12-39;3*1-5(2,3)4/h3-8,13-15,17-18H,9-12,16H2,1-2H3,(H,35,42);3*1H3,(H,2,3,4). The summed E-state index contributed by atoms with van der Waals surface area (Å²) in [5.41, 5.74) is 3.18. The maximum atomic E-state index is 14.0. The number of rotatable bonds is 6. The van der Waals surface area contributed by atoms with E-state index >= 15 is 0 Å². The Morgan fingerprint density at radius 3 is 2.04 bits per heavy atom. The molecular weight excluding hydrogens is 824 g/mol. The average Bonchev–Trinajstić information content (AvgIpc) is 3.74. The second-order valence-corrected chi connectivity index (χ2v) is 17.0. The monoisotopic (exact) mass is 863 g/mol. The van der Waals surface area contributed by atoms with Crippen molar-refractivity contribution >= 4 is 47.6 Å². The molecule has 0 radical (unpaired) electrons. The second-order valence-electron chi connectivity index (χ2n) is 12.6. The molecule has 1 saturated heterocycles. The molecule has 1 amide bonds. The van der Waals surface area contributed by atoms with E-state index in [1.54, 1.807) is 58.3 Å². The van der Waals surface area contributed by atoms with Gasteiger partial charge in [0, 0.05) is 68.0 Å². The third kappa shape index (κ3) is 17.0. The smallest absolute Gasteiger partial charge is 0.322 e. The van der Waals surface area contributed by atoms with Crippen molar-refractivity contribution in [3.8, 4) is 16.9 Å². The van der Waals surface area contributed by atoms with Gasteiger partial charge in [0.25, 0.3) is 36.3 Å². The summed E-state index contributed by atoms with van der Waals surface area (Å²) in [5.74, 6) is -0.537. The van der Waals surface area contributed by atoms with Crippen LogP contribution < -0.4 is 5.32 Å². The molecule has 312 valence electrons. The van der Waals surface area contributed by atoms with Crippen LogP contribution in [0.5, 0.6) is 0 Å². The van der Waals surface area contributed by atoms with Crippen molar-refractivity contribution in [1.29, 1.82) is 0 Å². The van der Waals surface area contributed by atoms with E-state index in [2.05, 4.69) is 30.6 Å². The van der Waals surface area contributed by atoms with Crippen LogP contribution in [0.2, 0.25) is 0 Å². The fraction of sp³-hybridized carbons (Fsp3) is 0.344. The van der Waals surface area contributed by atoms with E-state index in [4.69, 9.17) is 13.7 Å². The lowest BCUT2D eigenvalue weighted by molar-refractivity contribution is -0.138. The van der Waals surface area contributed by atoms with Crippen LogP contribution in [0.1, 0.15) is 27.0 Å². The van der Waals surface area contributed by atoms with Crippen molar-refractivity contribution in [3.05, 3.63) is 89.5 Å². The summed E-state index contributed by atoms with van der Waals surface area (Å²) in [5, 5.41) is 15.3. The summed E-state index contributed by atoms with van der Waals surface area (Å²) in [4.78, 5) is 21.7. The number of amides is 1. The van der Waals surface area contributed by atoms with Crippen molar-refractivity contribution in [3.63, 3.8) is 0 Å². The van der Waals surface area contributed by atoms with E-state index in [-0.39, 0.29) is 23.4 Å². The van der Waals surface area contributed by atoms with Crippen LogP contribution in [0.3, 0.4) is 0 Å². The van der Waals surface area contributed by atoms with Gasteiger partial charge < -0.3 is 10.2 Å². The third-order valence-corrected chi connectivity index (χ3v) is 7.42. The fourth-order valence-corrected chi connectivity index (χ4v) is 4.96. The lowest BCUT2D eigenvalue weighted by atomic mass is 10.0. The molecule has 2 aromatic carbocycles. The highest BCUT2D eigenvalue weighted by Gasteiger charge is 2.34. The van der Waals surface area contributed by atoms with Gasteiger partial charge in [-0.2, -0.15) is 43.5 Å². The van der Waals surface area contributed by atoms with Gasteiger partial charge in [-0.25, -0.2) is 14.2 Å². The topological polar surface area (TPSA) is 260 Å². The lowest BCUT2D eigenvalue weighted by Crippen LogP contribution is -2.44. The number of hydrogen-bond acceptors (Lipinski definition) is 13. The predicted octanol–water partition coefficient (Wildman–Crippen LogP) is 2.82. The van der Waals surface area contributed by atoms with Gasteiger partial charge in [0.15, 0.2) is 5.65 Å². The minimum atomic E-state index is -4.55. The summed E-state index contributed by atoms with van der Waals surface area (Å²) in [6, 6.07) is 10.8. The first kappa shape index (κ1) is 46.5. The SMILES string of the molecule is CS(=O)(=O)O.CS(=O)(=O)O.CS(=O)(=O)O.Cc1ccc(C(=O)Nc2ccc(CN3CCN(C)CC3)c(C(F)(F)F)c2)cc1-n1cc(-c2cnc3ccnn3c2)nn1. The van der Waals surface area contributed by atoms with Crippen LogP contribution >= 0.6 is 0 Å². The van der Waals surface area contributed by atoms with E-state index < -0.39 is 48.0 Å². The zero-order chi connectivity index (χ0) is 42.9. The molecule has 1 aliphatic rings. The summed E-state index contributed by atoms with van der Waals surface area (Å²) in [7, 11) is -9.00. The van der Waals surface area contributed by atoms with Crippen molar-refractivity contribution < 1.29 is 56.9 Å². The molecule has 0 saturated carbocycles. The van der Waals surface area contributed by atoms with Gasteiger partial charge in [-0.15, -0.1) is 5.10 Å². The quantitative estimate of drug-likeness (QED) is 0.179. The summed E-state index contributed by atoms with van der Waals surface area (Å²) >= 11 is 0. The Morgan fingerprint density at radius 1 is 0.860 bits per heavy atom. The Kier molecular flexibility index (Phi) is 15.5. The molecule has 0 bridgehead atoms. The Bertz CT molecular complexity index is 2410. The van der Waals surface area contributed by atoms with Crippen LogP contribution in [-0.2, 0) is 43.1 Å². The molecule has 57 heavy (non-hydrogen) atoms. The molecular formula is C32H40F3N9O10S3. The number of carbonyl (C=O) groups excluding carboxylic acids is 1. The highest BCUT2D eigenvalue weighted by molar-refractivity contribution is 7.85. The Labute approximate surface area is 326 Å². The first-order valence-corrected chi connectivity index (χ1v) is 21.7. The number of aromatic nitrogens is 6. The van der Waals surface area contributed by atoms with Gasteiger partial charge in [0.05, 0.1) is 42.4 Å². The molecule has 4 N–H and O–H groups in total. The van der Waals surface area contributed by atoms with Gasteiger partial charge >= 0.3 is 6.18 Å². The molecule has 5 aromatic rings. The van der Waals surface area contributed by atoms with Crippen LogP contribution in [0.25, 0.3) is 22.6 Å². The zero-order valence-electron chi connectivity index (χ0n) is 31.0. The number of nitrogens with one attached hydrogen (secondary N) is 1. The van der Waals surface area contributed by atoms with Crippen molar-refractivity contribution in [2.75, 3.05) is 57.3 Å². The van der Waals surface area contributed by atoms with Gasteiger partial charge in [-0.3, -0.25) is 23.4 Å². The molecule has 0 spiro atoms. The van der Waals surface area contributed by atoms with Crippen LogP contribution in [0.4, 0.5) is 18.9 Å². The number of hydrogen-bond donors (Lipinski definition) is 4. The number of fused-ring (bicyclic) bond motifs is 1. The van der Waals surface area contributed by atoms with E-state index in [0.29, 0.717) is 54.4 Å². The van der Waals surface area contributed by atoms with Crippen molar-refractivity contribution in [2.24, 2.45) is 0 Å². The number of carbonyl (C=O) groups is 1. The number of nitrogens with zero attached hydrogens (tertiary/aromatic N) is 8. The number of halogens is 3. The fourth-order valence-electron chi connectivity index (χ4n) is 4.96. The Balaban J connectivity index is 0.000000496. The van der Waals surface area contributed by atoms with Crippen molar-refractivity contribution in [1.82, 2.24) is 39.4 Å². The van der Waals surface area contributed by atoms with E-state index in [0.717, 1.165) is 24.7 Å². The summed E-state index contributed by atoms with van der Waals surface area (Å²) in [6.07, 6.45) is 4.42. The normalized spacial score (nSPS) is 14.0. The van der Waals surface area contributed by atoms with Gasteiger partial charge in [0.2, 0.25) is 0 Å². The highest BCUT2D eigenvalue weighted by atomic mass is 32.2. The minimum Gasteiger partial charge on any atom is -0.322 e. The van der Waals surface area contributed by atoms with E-state index in [1.807, 2.05) is 18.9 Å². The first-order valence-electron chi connectivity index (χ1n) is 16.2. The van der Waals surface area contributed by atoms with Crippen molar-refractivity contribution in [2.45, 2.75) is 19.6 Å². The average molecular weight is 864 g/mol. The molecule has 19 nitrogen and oxygen atoms in total. The van der Waals surface area contributed by atoms with E-state index in [1.165, 1.54) is 12.1 Å². The Hall–Kier alpha value is -4.89. The van der Waals surface area contributed by atoms with Crippen LogP contribution in [0, 0.1) is 6.92 Å². The molecule has 0 aliphatic carbocycles. The molecule has 1 fully saturated rings. The summed E-state index contributed by atoms with van der Waals surface area (Å²) in [6.45, 7) is 5.08. The number of anilines is 1. The van der Waals surface area contributed by atoms with E-state index in [9.17, 15) is 43.2 Å². The summed E-state index contributed by atoms with van der Waals surface area (Å²) < 4.78 is 123. The third-order valence-electron chi connectivity index (χ3n) is 7.42. The predicted molar refractivity (Wildman–Crippen MR) is 203 cm³/mol. The zero-order valence-corrected chi connectivity index (χ0v) is 33.5. The maximum absolute atomic E-state index is 14.0. The molecule has 4 heterocycles. The molecule has 1 aliphatic heterocycles. The number of piperazine rings is 1. The lowest BCUT2D eigenvalue weighted by Gasteiger charge is -2.33. The van der Waals surface area contributed by atoms with Crippen LogP contribution in [-0.4, -0.2) is 136 Å². The maximum Gasteiger partial charge on any atom is 0.416 e. The Morgan fingerprint density at radius 2 is 1.46 bits per heavy atom. The number of alkyl halides is 3. The van der Waals surface area contributed by atoms with Gasteiger partial charge in [-0.05, 0) is 49.4 Å². The highest BCUT2D eigenvalue weighted by Crippen LogP contribution is 2.35. The minimum absolute atomic E-state index is 0.0705. The molecule has 25 heteroatoms. The largest absolute Gasteiger partial charge is 0.416 e. The number of likely N-dealkylation sites (N-methyl/N-ethyl adjacent to an activating group) is 1.